The largest absolute Gasteiger partial charge is 0.460 e. The number of carbonyl (C=O) groups excluding carboxylic acids is 2. The highest BCUT2D eigenvalue weighted by molar-refractivity contribution is 5.95. The zero-order chi connectivity index (χ0) is 16.2. The second kappa shape index (κ2) is 6.70. The molecule has 1 amide bonds. The fourth-order valence-corrected chi connectivity index (χ4v) is 1.87. The fraction of sp³-hybridized carbons (Fsp3) is 0.562. The molecule has 5 nitrogen and oxygen atoms in total. The molecule has 21 heavy (non-hydrogen) atoms. The predicted molar refractivity (Wildman–Crippen MR) is 81.1 cm³/mol. The molecule has 0 aliphatic heterocycles. The third kappa shape index (κ3) is 5.53. The second-order valence-corrected chi connectivity index (χ2v) is 6.15. The quantitative estimate of drug-likeness (QED) is 0.800. The van der Waals surface area contributed by atoms with Crippen LogP contribution in [0.1, 0.15) is 48.9 Å². The first-order chi connectivity index (χ1) is 9.60. The number of rotatable bonds is 4. The molecule has 1 aromatic heterocycles. The van der Waals surface area contributed by atoms with E-state index >= 15 is 0 Å². The predicted octanol–water partition coefficient (Wildman–Crippen LogP) is 2.50. The number of hydrogen-bond donors (Lipinski definition) is 0. The second-order valence-electron chi connectivity index (χ2n) is 6.15. The SMILES string of the molecule is Cc1ccc(C(=O)N(C)CCC(=O)OC(C)(C)C)c(C)n1. The van der Waals surface area contributed by atoms with Gasteiger partial charge in [-0.25, -0.2) is 0 Å². The number of ether oxygens (including phenoxy) is 1. The van der Waals surface area contributed by atoms with E-state index in [1.54, 1.807) is 13.1 Å². The summed E-state index contributed by atoms with van der Waals surface area (Å²) in [6.07, 6.45) is 0.178. The molecule has 0 radical (unpaired) electrons. The summed E-state index contributed by atoms with van der Waals surface area (Å²) >= 11 is 0. The lowest BCUT2D eigenvalue weighted by Crippen LogP contribution is -2.32. The Morgan fingerprint density at radius 1 is 1.24 bits per heavy atom. The van der Waals surface area contributed by atoms with Crippen LogP contribution in [0.25, 0.3) is 0 Å². The summed E-state index contributed by atoms with van der Waals surface area (Å²) in [7, 11) is 1.67. The summed E-state index contributed by atoms with van der Waals surface area (Å²) in [6.45, 7) is 9.47. The van der Waals surface area contributed by atoms with Crippen molar-refractivity contribution in [3.05, 3.63) is 29.1 Å². The van der Waals surface area contributed by atoms with Crippen molar-refractivity contribution in [2.24, 2.45) is 0 Å². The van der Waals surface area contributed by atoms with Gasteiger partial charge in [0.2, 0.25) is 0 Å². The van der Waals surface area contributed by atoms with Crippen LogP contribution in [0.3, 0.4) is 0 Å². The van der Waals surface area contributed by atoms with Gasteiger partial charge >= 0.3 is 5.97 Å². The van der Waals surface area contributed by atoms with Crippen LogP contribution < -0.4 is 0 Å². The van der Waals surface area contributed by atoms with Crippen molar-refractivity contribution in [3.8, 4) is 0 Å². The number of amides is 1. The first kappa shape index (κ1) is 17.1. The van der Waals surface area contributed by atoms with Gasteiger partial charge in [0.1, 0.15) is 5.60 Å². The van der Waals surface area contributed by atoms with E-state index in [1.807, 2.05) is 40.7 Å². The van der Waals surface area contributed by atoms with Crippen LogP contribution in [0, 0.1) is 13.8 Å². The van der Waals surface area contributed by atoms with E-state index in [4.69, 9.17) is 4.74 Å². The molecule has 0 fully saturated rings. The number of hydrogen-bond acceptors (Lipinski definition) is 4. The van der Waals surface area contributed by atoms with E-state index in [0.29, 0.717) is 17.8 Å². The third-order valence-corrected chi connectivity index (χ3v) is 2.87. The highest BCUT2D eigenvalue weighted by atomic mass is 16.6. The highest BCUT2D eigenvalue weighted by Crippen LogP contribution is 2.11. The van der Waals surface area contributed by atoms with Crippen LogP contribution in [0.4, 0.5) is 0 Å². The Morgan fingerprint density at radius 3 is 2.38 bits per heavy atom. The van der Waals surface area contributed by atoms with Crippen molar-refractivity contribution in [1.29, 1.82) is 0 Å². The van der Waals surface area contributed by atoms with Crippen LogP contribution in [-0.4, -0.2) is 41.0 Å². The van der Waals surface area contributed by atoms with E-state index in [0.717, 1.165) is 5.69 Å². The van der Waals surface area contributed by atoms with Crippen molar-refractivity contribution in [1.82, 2.24) is 9.88 Å². The van der Waals surface area contributed by atoms with E-state index < -0.39 is 5.60 Å². The van der Waals surface area contributed by atoms with E-state index in [2.05, 4.69) is 4.98 Å². The van der Waals surface area contributed by atoms with Gasteiger partial charge in [-0.05, 0) is 46.8 Å². The van der Waals surface area contributed by atoms with Crippen LogP contribution >= 0.6 is 0 Å². The Labute approximate surface area is 126 Å². The van der Waals surface area contributed by atoms with Crippen LogP contribution in [0.15, 0.2) is 12.1 Å². The van der Waals surface area contributed by atoms with Crippen LogP contribution in [0.5, 0.6) is 0 Å². The van der Waals surface area contributed by atoms with Crippen LogP contribution in [-0.2, 0) is 9.53 Å². The monoisotopic (exact) mass is 292 g/mol. The van der Waals surface area contributed by atoms with Gasteiger partial charge in [-0.3, -0.25) is 14.6 Å². The standard InChI is InChI=1S/C16H24N2O3/c1-11-7-8-13(12(2)17-11)15(20)18(6)10-9-14(19)21-16(3,4)5/h7-8H,9-10H2,1-6H3. The molecule has 1 rings (SSSR count). The molecule has 1 heterocycles. The maximum Gasteiger partial charge on any atom is 0.308 e. The molecule has 0 spiro atoms. The maximum absolute atomic E-state index is 12.3. The first-order valence-electron chi connectivity index (χ1n) is 7.01. The topological polar surface area (TPSA) is 59.5 Å². The summed E-state index contributed by atoms with van der Waals surface area (Å²) in [6, 6.07) is 3.58. The van der Waals surface area contributed by atoms with Gasteiger partial charge in [0.15, 0.2) is 0 Å². The molecule has 0 saturated heterocycles. The Hall–Kier alpha value is -1.91. The van der Waals surface area contributed by atoms with E-state index in [1.165, 1.54) is 4.90 Å². The smallest absolute Gasteiger partial charge is 0.308 e. The van der Waals surface area contributed by atoms with Crippen molar-refractivity contribution in [2.75, 3.05) is 13.6 Å². The molecule has 0 unspecified atom stereocenters. The molecule has 0 N–H and O–H groups in total. The Morgan fingerprint density at radius 2 is 1.86 bits per heavy atom. The Bertz CT molecular complexity index is 533. The number of pyridine rings is 1. The summed E-state index contributed by atoms with van der Waals surface area (Å²) in [4.78, 5) is 29.8. The zero-order valence-corrected chi connectivity index (χ0v) is 13.7. The number of esters is 1. The van der Waals surface area contributed by atoms with Gasteiger partial charge in [-0.2, -0.15) is 0 Å². The minimum absolute atomic E-state index is 0.136. The molecule has 5 heteroatoms. The number of carbonyl (C=O) groups is 2. The summed E-state index contributed by atoms with van der Waals surface area (Å²) in [5, 5.41) is 0. The molecule has 0 aliphatic rings. The lowest BCUT2D eigenvalue weighted by atomic mass is 10.1. The van der Waals surface area contributed by atoms with Gasteiger partial charge in [-0.15, -0.1) is 0 Å². The van der Waals surface area contributed by atoms with Gasteiger partial charge in [0.25, 0.3) is 5.91 Å². The maximum atomic E-state index is 12.3. The number of nitrogens with zero attached hydrogens (tertiary/aromatic N) is 2. The summed E-state index contributed by atoms with van der Waals surface area (Å²) < 4.78 is 5.22. The van der Waals surface area contributed by atoms with Gasteiger partial charge in [0, 0.05) is 19.3 Å². The number of aryl methyl sites for hydroxylation is 2. The first-order valence-corrected chi connectivity index (χ1v) is 7.01. The van der Waals surface area contributed by atoms with E-state index in [9.17, 15) is 9.59 Å². The molecule has 0 saturated carbocycles. The number of aromatic nitrogens is 1. The average molecular weight is 292 g/mol. The molecule has 0 aliphatic carbocycles. The van der Waals surface area contributed by atoms with Crippen molar-refractivity contribution in [3.63, 3.8) is 0 Å². The van der Waals surface area contributed by atoms with E-state index in [-0.39, 0.29) is 18.3 Å². The molecular formula is C16H24N2O3. The molecule has 116 valence electrons. The average Bonchev–Trinajstić information content (AvgIpc) is 2.33. The normalized spacial score (nSPS) is 11.1. The fourth-order valence-electron chi connectivity index (χ4n) is 1.87. The van der Waals surface area contributed by atoms with Crippen molar-refractivity contribution >= 4 is 11.9 Å². The zero-order valence-electron chi connectivity index (χ0n) is 13.7. The molecule has 0 atom stereocenters. The third-order valence-electron chi connectivity index (χ3n) is 2.87. The lowest BCUT2D eigenvalue weighted by molar-refractivity contribution is -0.154. The highest BCUT2D eigenvalue weighted by Gasteiger charge is 2.19. The van der Waals surface area contributed by atoms with Gasteiger partial charge in [-0.1, -0.05) is 0 Å². The van der Waals surface area contributed by atoms with Crippen molar-refractivity contribution < 1.29 is 14.3 Å². The van der Waals surface area contributed by atoms with Crippen molar-refractivity contribution in [2.45, 2.75) is 46.6 Å². The van der Waals surface area contributed by atoms with Gasteiger partial charge < -0.3 is 9.64 Å². The molecule has 0 aromatic carbocycles. The molecule has 1 aromatic rings. The molecule has 0 bridgehead atoms. The summed E-state index contributed by atoms with van der Waals surface area (Å²) in [5.74, 6) is -0.440. The Kier molecular flexibility index (Phi) is 5.47. The summed E-state index contributed by atoms with van der Waals surface area (Å²) in [5.41, 5.74) is 1.63. The lowest BCUT2D eigenvalue weighted by Gasteiger charge is -2.21. The van der Waals surface area contributed by atoms with Crippen LogP contribution in [0.2, 0.25) is 0 Å². The van der Waals surface area contributed by atoms with Gasteiger partial charge in [0.05, 0.1) is 17.7 Å². The minimum Gasteiger partial charge on any atom is -0.460 e. The molecular weight excluding hydrogens is 268 g/mol. The minimum atomic E-state index is -0.503. The Balaban J connectivity index is 2.61.